The molecule has 186 valence electrons. The Morgan fingerprint density at radius 3 is 2.61 bits per heavy atom. The van der Waals surface area contributed by atoms with E-state index in [1.54, 1.807) is 42.5 Å². The Hall–Kier alpha value is -4.33. The molecule has 0 aliphatic heterocycles. The van der Waals surface area contributed by atoms with Gasteiger partial charge in [-0.15, -0.1) is 0 Å². The molecule has 0 aliphatic rings. The average molecular weight is 490 g/mol. The SMILES string of the molecule is N#Cc1ccccc1-c1ccc(C(=O)NC[C@@H](CN)NC(=O)CN)c(NCCc2cccc(F)c2)n1. The summed E-state index contributed by atoms with van der Waals surface area (Å²) in [6, 6.07) is 18.3. The minimum absolute atomic E-state index is 0.100. The number of halogens is 1. The summed E-state index contributed by atoms with van der Waals surface area (Å²) < 4.78 is 13.5. The van der Waals surface area contributed by atoms with Gasteiger partial charge >= 0.3 is 0 Å². The molecule has 0 unspecified atom stereocenters. The van der Waals surface area contributed by atoms with Crippen LogP contribution in [0.25, 0.3) is 11.3 Å². The van der Waals surface area contributed by atoms with E-state index in [4.69, 9.17) is 11.5 Å². The number of hydrogen-bond donors (Lipinski definition) is 5. The molecular formula is C26H28FN7O2. The highest BCUT2D eigenvalue weighted by Gasteiger charge is 2.17. The molecule has 7 N–H and O–H groups in total. The summed E-state index contributed by atoms with van der Waals surface area (Å²) in [6.45, 7) is 0.424. The Labute approximate surface area is 208 Å². The van der Waals surface area contributed by atoms with Gasteiger partial charge in [0.05, 0.1) is 35.5 Å². The fraction of sp³-hybridized carbons (Fsp3) is 0.231. The number of pyridine rings is 1. The van der Waals surface area contributed by atoms with Crippen molar-refractivity contribution in [3.8, 4) is 17.3 Å². The van der Waals surface area contributed by atoms with Crippen molar-refractivity contribution in [1.82, 2.24) is 15.6 Å². The fourth-order valence-corrected chi connectivity index (χ4v) is 3.54. The van der Waals surface area contributed by atoms with Crippen molar-refractivity contribution in [1.29, 1.82) is 5.26 Å². The van der Waals surface area contributed by atoms with Gasteiger partial charge in [-0.1, -0.05) is 30.3 Å². The molecule has 1 aromatic heterocycles. The maximum absolute atomic E-state index is 13.5. The van der Waals surface area contributed by atoms with Crippen molar-refractivity contribution >= 4 is 17.6 Å². The molecule has 2 aromatic carbocycles. The van der Waals surface area contributed by atoms with E-state index in [1.165, 1.54) is 12.1 Å². The van der Waals surface area contributed by atoms with E-state index in [2.05, 4.69) is 27.0 Å². The van der Waals surface area contributed by atoms with Gasteiger partial charge in [-0.05, 0) is 42.3 Å². The van der Waals surface area contributed by atoms with Gasteiger partial charge in [0.25, 0.3) is 5.91 Å². The third-order valence-corrected chi connectivity index (χ3v) is 5.40. The number of nitrogens with zero attached hydrogens (tertiary/aromatic N) is 2. The number of aromatic nitrogens is 1. The quantitative estimate of drug-likeness (QED) is 0.273. The maximum Gasteiger partial charge on any atom is 0.255 e. The molecule has 3 aromatic rings. The molecular weight excluding hydrogens is 461 g/mol. The fourth-order valence-electron chi connectivity index (χ4n) is 3.54. The predicted molar refractivity (Wildman–Crippen MR) is 135 cm³/mol. The van der Waals surface area contributed by atoms with Gasteiger partial charge in [0.2, 0.25) is 5.91 Å². The lowest BCUT2D eigenvalue weighted by Crippen LogP contribution is -2.49. The molecule has 0 spiro atoms. The number of nitrogens with two attached hydrogens (primary N) is 2. The first kappa shape index (κ1) is 26.3. The molecule has 0 fully saturated rings. The summed E-state index contributed by atoms with van der Waals surface area (Å²) in [7, 11) is 0. The van der Waals surface area contributed by atoms with Crippen LogP contribution in [0.5, 0.6) is 0 Å². The molecule has 9 nitrogen and oxygen atoms in total. The van der Waals surface area contributed by atoms with Crippen molar-refractivity contribution in [2.24, 2.45) is 11.5 Å². The van der Waals surface area contributed by atoms with E-state index in [0.29, 0.717) is 35.6 Å². The van der Waals surface area contributed by atoms with Crippen molar-refractivity contribution in [3.05, 3.63) is 83.2 Å². The Morgan fingerprint density at radius 1 is 1.08 bits per heavy atom. The minimum atomic E-state index is -0.482. The van der Waals surface area contributed by atoms with Gasteiger partial charge in [0.15, 0.2) is 0 Å². The highest BCUT2D eigenvalue weighted by Crippen LogP contribution is 2.25. The zero-order valence-corrected chi connectivity index (χ0v) is 19.6. The first-order valence-corrected chi connectivity index (χ1v) is 11.4. The first-order valence-electron chi connectivity index (χ1n) is 11.4. The normalized spacial score (nSPS) is 11.3. The molecule has 0 saturated heterocycles. The lowest BCUT2D eigenvalue weighted by Gasteiger charge is -2.18. The molecule has 2 amide bonds. The topological polar surface area (TPSA) is 159 Å². The average Bonchev–Trinajstić information content (AvgIpc) is 2.90. The Morgan fingerprint density at radius 2 is 1.89 bits per heavy atom. The van der Waals surface area contributed by atoms with Crippen LogP contribution in [-0.4, -0.2) is 49.0 Å². The van der Waals surface area contributed by atoms with Gasteiger partial charge in [-0.25, -0.2) is 9.37 Å². The number of carbonyl (C=O) groups excluding carboxylic acids is 2. The van der Waals surface area contributed by atoms with E-state index in [-0.39, 0.29) is 36.9 Å². The van der Waals surface area contributed by atoms with Gasteiger partial charge < -0.3 is 27.4 Å². The van der Waals surface area contributed by atoms with Crippen LogP contribution >= 0.6 is 0 Å². The monoisotopic (exact) mass is 489 g/mol. The number of benzene rings is 2. The number of nitrogens with one attached hydrogen (secondary N) is 3. The van der Waals surface area contributed by atoms with Gasteiger partial charge in [-0.3, -0.25) is 9.59 Å². The van der Waals surface area contributed by atoms with Crippen LogP contribution in [0.4, 0.5) is 10.2 Å². The zero-order valence-electron chi connectivity index (χ0n) is 19.6. The second kappa shape index (κ2) is 12.9. The summed E-state index contributed by atoms with van der Waals surface area (Å²) in [6.07, 6.45) is 0.500. The van der Waals surface area contributed by atoms with Crippen molar-refractivity contribution in [3.63, 3.8) is 0 Å². The Balaban J connectivity index is 1.83. The second-order valence-corrected chi connectivity index (χ2v) is 7.97. The van der Waals surface area contributed by atoms with E-state index < -0.39 is 11.9 Å². The number of hydrogen-bond acceptors (Lipinski definition) is 7. The van der Waals surface area contributed by atoms with E-state index in [9.17, 15) is 19.2 Å². The zero-order chi connectivity index (χ0) is 25.9. The number of carbonyl (C=O) groups is 2. The largest absolute Gasteiger partial charge is 0.369 e. The van der Waals surface area contributed by atoms with E-state index in [0.717, 1.165) is 5.56 Å². The number of amides is 2. The van der Waals surface area contributed by atoms with Crippen LogP contribution < -0.4 is 27.4 Å². The van der Waals surface area contributed by atoms with Crippen LogP contribution in [0.3, 0.4) is 0 Å². The number of anilines is 1. The molecule has 0 radical (unpaired) electrons. The molecule has 1 atom stereocenters. The van der Waals surface area contributed by atoms with Crippen molar-refractivity contribution in [2.75, 3.05) is 31.5 Å². The highest BCUT2D eigenvalue weighted by atomic mass is 19.1. The van der Waals surface area contributed by atoms with Crippen LogP contribution in [-0.2, 0) is 11.2 Å². The highest BCUT2D eigenvalue weighted by molar-refractivity contribution is 5.99. The molecule has 0 saturated carbocycles. The first-order chi connectivity index (χ1) is 17.4. The number of rotatable bonds is 11. The van der Waals surface area contributed by atoms with Gasteiger partial charge in [0.1, 0.15) is 11.6 Å². The lowest BCUT2D eigenvalue weighted by molar-refractivity contribution is -0.120. The summed E-state index contributed by atoms with van der Waals surface area (Å²) in [4.78, 5) is 29.2. The van der Waals surface area contributed by atoms with Crippen LogP contribution in [0.1, 0.15) is 21.5 Å². The van der Waals surface area contributed by atoms with Gasteiger partial charge in [-0.2, -0.15) is 5.26 Å². The van der Waals surface area contributed by atoms with Crippen LogP contribution in [0, 0.1) is 17.1 Å². The second-order valence-electron chi connectivity index (χ2n) is 7.97. The molecule has 0 aliphatic carbocycles. The summed E-state index contributed by atoms with van der Waals surface area (Å²) >= 11 is 0. The van der Waals surface area contributed by atoms with Crippen molar-refractivity contribution in [2.45, 2.75) is 12.5 Å². The maximum atomic E-state index is 13.5. The lowest BCUT2D eigenvalue weighted by atomic mass is 10.0. The Kier molecular flexibility index (Phi) is 9.45. The third kappa shape index (κ3) is 7.09. The van der Waals surface area contributed by atoms with Crippen LogP contribution in [0.15, 0.2) is 60.7 Å². The van der Waals surface area contributed by atoms with Crippen LogP contribution in [0.2, 0.25) is 0 Å². The predicted octanol–water partition coefficient (Wildman–Crippen LogP) is 1.55. The van der Waals surface area contributed by atoms with E-state index in [1.807, 2.05) is 6.07 Å². The molecule has 3 rings (SSSR count). The van der Waals surface area contributed by atoms with E-state index >= 15 is 0 Å². The molecule has 0 bridgehead atoms. The minimum Gasteiger partial charge on any atom is -0.369 e. The Bertz CT molecular complexity index is 1260. The van der Waals surface area contributed by atoms with Crippen molar-refractivity contribution < 1.29 is 14.0 Å². The molecule has 10 heteroatoms. The summed E-state index contributed by atoms with van der Waals surface area (Å²) in [5, 5.41) is 18.0. The summed E-state index contributed by atoms with van der Waals surface area (Å²) in [5.74, 6) is -0.806. The standard InChI is InChI=1S/C26H28FN7O2/c27-19-6-3-4-17(12-19)10-11-31-25-22(26(36)32-16-20(14-29)33-24(35)15-30)8-9-23(34-25)21-7-2-1-5-18(21)13-28/h1-9,12,20H,10-11,14-16,29-30H2,(H,31,34)(H,32,36)(H,33,35)/t20-/m1/s1. The van der Waals surface area contributed by atoms with Gasteiger partial charge in [0, 0.05) is 25.2 Å². The third-order valence-electron chi connectivity index (χ3n) is 5.40. The number of nitriles is 1. The molecule has 36 heavy (non-hydrogen) atoms. The molecule has 1 heterocycles. The smallest absolute Gasteiger partial charge is 0.255 e. The summed E-state index contributed by atoms with van der Waals surface area (Å²) in [5.41, 5.74) is 13.7.